The summed E-state index contributed by atoms with van der Waals surface area (Å²) >= 11 is 0. The smallest absolute Gasteiger partial charge is 0.248 e. The molecule has 28 heavy (non-hydrogen) atoms. The van der Waals surface area contributed by atoms with E-state index in [-0.39, 0.29) is 31.4 Å². The summed E-state index contributed by atoms with van der Waals surface area (Å²) in [7, 11) is 3.26. The number of benzene rings is 2. The highest BCUT2D eigenvalue weighted by atomic mass is 16.5. The first-order valence-corrected chi connectivity index (χ1v) is 9.02. The van der Waals surface area contributed by atoms with Gasteiger partial charge in [0.15, 0.2) is 0 Å². The molecule has 3 rings (SSSR count). The summed E-state index contributed by atoms with van der Waals surface area (Å²) in [6, 6.07) is 13.8. The Bertz CT molecular complexity index is 820. The molecule has 2 aromatic rings. The maximum absolute atomic E-state index is 12.2. The van der Waals surface area contributed by atoms with E-state index in [2.05, 4.69) is 5.32 Å². The van der Waals surface area contributed by atoms with Crippen molar-refractivity contribution in [1.82, 2.24) is 4.90 Å². The Morgan fingerprint density at radius 1 is 1.25 bits per heavy atom. The van der Waals surface area contributed by atoms with E-state index < -0.39 is 12.1 Å². The summed E-state index contributed by atoms with van der Waals surface area (Å²) in [5, 5.41) is 13.4. The lowest BCUT2D eigenvalue weighted by molar-refractivity contribution is -0.151. The first-order valence-electron chi connectivity index (χ1n) is 9.02. The van der Waals surface area contributed by atoms with Gasteiger partial charge < -0.3 is 24.8 Å². The van der Waals surface area contributed by atoms with Crippen molar-refractivity contribution in [3.05, 3.63) is 59.7 Å². The second kappa shape index (κ2) is 8.86. The van der Waals surface area contributed by atoms with Gasteiger partial charge in [-0.15, -0.1) is 0 Å². The van der Waals surface area contributed by atoms with Crippen molar-refractivity contribution in [3.8, 4) is 5.75 Å². The summed E-state index contributed by atoms with van der Waals surface area (Å²) in [6.07, 6.45) is -0.612. The van der Waals surface area contributed by atoms with Crippen molar-refractivity contribution >= 4 is 17.5 Å². The summed E-state index contributed by atoms with van der Waals surface area (Å²) in [4.78, 5) is 25.5. The summed E-state index contributed by atoms with van der Waals surface area (Å²) in [5.41, 5.74) is 2.18. The summed E-state index contributed by atoms with van der Waals surface area (Å²) in [5.74, 6) is 0.455. The van der Waals surface area contributed by atoms with Crippen molar-refractivity contribution in [3.63, 3.8) is 0 Å². The minimum absolute atomic E-state index is 0.0406. The lowest BCUT2D eigenvalue weighted by Gasteiger charge is -2.35. The molecule has 2 amide bonds. The molecule has 7 nitrogen and oxygen atoms in total. The van der Waals surface area contributed by atoms with E-state index >= 15 is 0 Å². The van der Waals surface area contributed by atoms with Gasteiger partial charge in [-0.25, -0.2) is 0 Å². The van der Waals surface area contributed by atoms with Crippen molar-refractivity contribution in [2.45, 2.75) is 18.6 Å². The zero-order valence-corrected chi connectivity index (χ0v) is 15.9. The second-order valence-electron chi connectivity index (χ2n) is 6.73. The van der Waals surface area contributed by atoms with E-state index in [1.54, 1.807) is 38.4 Å². The molecule has 1 heterocycles. The third-order valence-electron chi connectivity index (χ3n) is 4.83. The molecule has 1 aliphatic rings. The number of amides is 2. The molecule has 0 spiro atoms. The molecule has 1 saturated heterocycles. The van der Waals surface area contributed by atoms with Gasteiger partial charge >= 0.3 is 0 Å². The SMILES string of the molecule is COc1ccc(CC(=O)Nc2ccc(C(O)C3COCC(=O)N3C)cc2)cc1. The number of methoxy groups -OCH3 is 1. The first kappa shape index (κ1) is 19.9. The Labute approximate surface area is 163 Å². The number of hydrogen-bond donors (Lipinski definition) is 2. The summed E-state index contributed by atoms with van der Waals surface area (Å²) in [6.45, 7) is 0.322. The molecule has 1 aliphatic heterocycles. The standard InChI is InChI=1S/C21H24N2O5/c1-23-18(12-28-13-20(23)25)21(26)15-5-7-16(8-6-15)22-19(24)11-14-3-9-17(27-2)10-4-14/h3-10,18,21,26H,11-13H2,1-2H3,(H,22,24). The molecule has 0 aromatic heterocycles. The fourth-order valence-corrected chi connectivity index (χ4v) is 3.09. The number of aliphatic hydroxyl groups excluding tert-OH is 1. The minimum Gasteiger partial charge on any atom is -0.497 e. The van der Waals surface area contributed by atoms with Crippen LogP contribution >= 0.6 is 0 Å². The van der Waals surface area contributed by atoms with Crippen LogP contribution in [-0.4, -0.2) is 55.2 Å². The normalized spacial score (nSPS) is 17.9. The maximum atomic E-state index is 12.2. The molecular weight excluding hydrogens is 360 g/mol. The minimum atomic E-state index is -0.863. The molecule has 0 bridgehead atoms. The maximum Gasteiger partial charge on any atom is 0.248 e. The predicted molar refractivity (Wildman–Crippen MR) is 104 cm³/mol. The van der Waals surface area contributed by atoms with Crippen LogP contribution in [0.4, 0.5) is 5.69 Å². The number of aliphatic hydroxyl groups is 1. The van der Waals surface area contributed by atoms with Gasteiger partial charge in [0.1, 0.15) is 18.5 Å². The number of nitrogens with one attached hydrogen (secondary N) is 1. The van der Waals surface area contributed by atoms with Crippen molar-refractivity contribution < 1.29 is 24.2 Å². The number of morpholine rings is 1. The zero-order chi connectivity index (χ0) is 20.1. The lowest BCUT2D eigenvalue weighted by atomic mass is 10.0. The van der Waals surface area contributed by atoms with Crippen molar-refractivity contribution in [2.24, 2.45) is 0 Å². The molecular formula is C21H24N2O5. The van der Waals surface area contributed by atoms with Gasteiger partial charge in [0, 0.05) is 12.7 Å². The van der Waals surface area contributed by atoms with E-state index in [0.717, 1.165) is 11.3 Å². The average molecular weight is 384 g/mol. The van der Waals surface area contributed by atoms with E-state index in [4.69, 9.17) is 9.47 Å². The molecule has 0 radical (unpaired) electrons. The lowest BCUT2D eigenvalue weighted by Crippen LogP contribution is -2.49. The first-order chi connectivity index (χ1) is 13.5. The number of likely N-dealkylation sites (N-methyl/N-ethyl adjacent to an activating group) is 1. The van der Waals surface area contributed by atoms with Crippen molar-refractivity contribution in [2.75, 3.05) is 32.7 Å². The number of rotatable bonds is 6. The number of carbonyl (C=O) groups is 2. The fraction of sp³-hybridized carbons (Fsp3) is 0.333. The Hall–Kier alpha value is -2.90. The van der Waals surface area contributed by atoms with E-state index in [1.807, 2.05) is 24.3 Å². The van der Waals surface area contributed by atoms with Gasteiger partial charge in [0.2, 0.25) is 11.8 Å². The van der Waals surface area contributed by atoms with Crippen LogP contribution in [0.1, 0.15) is 17.2 Å². The highest BCUT2D eigenvalue weighted by Crippen LogP contribution is 2.24. The van der Waals surface area contributed by atoms with Crippen LogP contribution in [-0.2, 0) is 20.7 Å². The van der Waals surface area contributed by atoms with Crippen LogP contribution in [0.2, 0.25) is 0 Å². The van der Waals surface area contributed by atoms with Crippen LogP contribution < -0.4 is 10.1 Å². The molecule has 2 atom stereocenters. The molecule has 0 saturated carbocycles. The quantitative estimate of drug-likeness (QED) is 0.793. The summed E-state index contributed by atoms with van der Waals surface area (Å²) < 4.78 is 10.3. The molecule has 2 aromatic carbocycles. The molecule has 2 unspecified atom stereocenters. The number of hydrogen-bond acceptors (Lipinski definition) is 5. The van der Waals surface area contributed by atoms with Gasteiger partial charge in [-0.2, -0.15) is 0 Å². The third-order valence-corrected chi connectivity index (χ3v) is 4.83. The van der Waals surface area contributed by atoms with Crippen LogP contribution in [0.3, 0.4) is 0 Å². The molecule has 148 valence electrons. The Balaban J connectivity index is 1.58. The van der Waals surface area contributed by atoms with Gasteiger partial charge in [0.05, 0.1) is 26.2 Å². The highest BCUT2D eigenvalue weighted by Gasteiger charge is 2.32. The number of nitrogens with zero attached hydrogens (tertiary/aromatic N) is 1. The molecule has 0 aliphatic carbocycles. The number of anilines is 1. The highest BCUT2D eigenvalue weighted by molar-refractivity contribution is 5.92. The molecule has 2 N–H and O–H groups in total. The Morgan fingerprint density at radius 2 is 1.93 bits per heavy atom. The number of carbonyl (C=O) groups excluding carboxylic acids is 2. The van der Waals surface area contributed by atoms with Gasteiger partial charge in [-0.3, -0.25) is 9.59 Å². The van der Waals surface area contributed by atoms with Gasteiger partial charge in [-0.05, 0) is 35.4 Å². The fourth-order valence-electron chi connectivity index (χ4n) is 3.09. The Kier molecular flexibility index (Phi) is 6.28. The monoisotopic (exact) mass is 384 g/mol. The molecule has 1 fully saturated rings. The van der Waals surface area contributed by atoms with E-state index in [0.29, 0.717) is 11.3 Å². The van der Waals surface area contributed by atoms with Gasteiger partial charge in [0.25, 0.3) is 0 Å². The largest absolute Gasteiger partial charge is 0.497 e. The van der Waals surface area contributed by atoms with E-state index in [1.165, 1.54) is 4.90 Å². The van der Waals surface area contributed by atoms with Crippen molar-refractivity contribution in [1.29, 1.82) is 0 Å². The van der Waals surface area contributed by atoms with Crippen LogP contribution in [0.15, 0.2) is 48.5 Å². The van der Waals surface area contributed by atoms with Gasteiger partial charge in [-0.1, -0.05) is 24.3 Å². The predicted octanol–water partition coefficient (Wildman–Crippen LogP) is 1.77. The zero-order valence-electron chi connectivity index (χ0n) is 15.9. The average Bonchev–Trinajstić information content (AvgIpc) is 2.70. The van der Waals surface area contributed by atoms with Crippen LogP contribution in [0.5, 0.6) is 5.75 Å². The second-order valence-corrected chi connectivity index (χ2v) is 6.73. The number of ether oxygens (including phenoxy) is 2. The van der Waals surface area contributed by atoms with Crippen LogP contribution in [0, 0.1) is 0 Å². The molecule has 7 heteroatoms. The van der Waals surface area contributed by atoms with E-state index in [9.17, 15) is 14.7 Å². The third kappa shape index (κ3) is 4.68. The van der Waals surface area contributed by atoms with Crippen LogP contribution in [0.25, 0.3) is 0 Å². The topological polar surface area (TPSA) is 88.1 Å². The Morgan fingerprint density at radius 3 is 2.57 bits per heavy atom.